The average Bonchev–Trinajstić information content (AvgIpc) is 2.81. The number of ketones is 1. The predicted octanol–water partition coefficient (Wildman–Crippen LogP) is 4.73. The van der Waals surface area contributed by atoms with Gasteiger partial charge in [0, 0.05) is 18.1 Å². The fourth-order valence-corrected chi connectivity index (χ4v) is 4.24. The molecule has 2 nitrogen and oxygen atoms in total. The van der Waals surface area contributed by atoms with E-state index in [1.165, 1.54) is 30.4 Å². The molecule has 1 spiro atoms. The van der Waals surface area contributed by atoms with Crippen LogP contribution in [0.15, 0.2) is 18.2 Å². The van der Waals surface area contributed by atoms with Crippen molar-refractivity contribution in [3.05, 3.63) is 34.9 Å². The minimum Gasteiger partial charge on any atom is -0.381 e. The van der Waals surface area contributed by atoms with Crippen molar-refractivity contribution in [1.82, 2.24) is 0 Å². The number of carbonyl (C=O) groups excluding carboxylic acids is 1. The third-order valence-electron chi connectivity index (χ3n) is 5.72. The van der Waals surface area contributed by atoms with Crippen molar-refractivity contribution in [2.45, 2.75) is 70.8 Å². The van der Waals surface area contributed by atoms with E-state index in [-0.39, 0.29) is 5.41 Å². The van der Waals surface area contributed by atoms with Crippen LogP contribution in [0.4, 0.5) is 0 Å². The zero-order valence-electron chi connectivity index (χ0n) is 14.0. The maximum Gasteiger partial charge on any atom is 0.169 e. The number of aryl methyl sites for hydroxylation is 1. The van der Waals surface area contributed by atoms with Gasteiger partial charge in [-0.05, 0) is 62.1 Å². The summed E-state index contributed by atoms with van der Waals surface area (Å²) in [5.41, 5.74) is 3.52. The maximum absolute atomic E-state index is 13.0. The number of carbonyl (C=O) groups is 1. The fraction of sp³-hybridized carbons (Fsp3) is 0.650. The Kier molecular flexibility index (Phi) is 4.67. The first kappa shape index (κ1) is 15.7. The lowest BCUT2D eigenvalue weighted by molar-refractivity contribution is 0.0285. The van der Waals surface area contributed by atoms with Crippen LogP contribution in [-0.4, -0.2) is 19.0 Å². The van der Waals surface area contributed by atoms with E-state index in [9.17, 15) is 4.79 Å². The first-order chi connectivity index (χ1) is 10.7. The summed E-state index contributed by atoms with van der Waals surface area (Å²) in [5, 5.41) is 0. The number of unbranched alkanes of at least 4 members (excludes halogenated alkanes) is 2. The smallest absolute Gasteiger partial charge is 0.169 e. The molecule has 0 N–H and O–H groups in total. The lowest BCUT2D eigenvalue weighted by atomic mass is 9.70. The molecule has 0 unspecified atom stereocenters. The monoisotopic (exact) mass is 300 g/mol. The number of hydrogen-bond acceptors (Lipinski definition) is 2. The Bertz CT molecular complexity index is 539. The van der Waals surface area contributed by atoms with Crippen LogP contribution in [0.2, 0.25) is 0 Å². The second-order valence-electron chi connectivity index (χ2n) is 7.17. The number of Topliss-reactive ketones (excluding diaryl/α,β-unsaturated/α-hetero) is 1. The second-order valence-corrected chi connectivity index (χ2v) is 7.17. The van der Waals surface area contributed by atoms with Gasteiger partial charge in [-0.1, -0.05) is 31.9 Å². The molecule has 120 valence electrons. The molecule has 0 bridgehead atoms. The molecular weight excluding hydrogens is 272 g/mol. The molecule has 1 fully saturated rings. The van der Waals surface area contributed by atoms with Gasteiger partial charge in [-0.25, -0.2) is 0 Å². The molecule has 22 heavy (non-hydrogen) atoms. The Morgan fingerprint density at radius 1 is 1.23 bits per heavy atom. The summed E-state index contributed by atoms with van der Waals surface area (Å²) in [5.74, 6) is 0.411. The van der Waals surface area contributed by atoms with E-state index in [2.05, 4.69) is 25.1 Å². The molecule has 0 saturated heterocycles. The predicted molar refractivity (Wildman–Crippen MR) is 89.4 cm³/mol. The molecule has 2 heteroatoms. The van der Waals surface area contributed by atoms with Gasteiger partial charge >= 0.3 is 0 Å². The molecule has 0 heterocycles. The van der Waals surface area contributed by atoms with Crippen molar-refractivity contribution >= 4 is 5.78 Å². The second kappa shape index (κ2) is 6.54. The fourth-order valence-electron chi connectivity index (χ4n) is 4.24. The van der Waals surface area contributed by atoms with E-state index in [4.69, 9.17) is 4.74 Å². The molecule has 2 aliphatic rings. The molecule has 1 saturated carbocycles. The van der Waals surface area contributed by atoms with Crippen LogP contribution in [0.5, 0.6) is 0 Å². The number of fused-ring (bicyclic) bond motifs is 1. The van der Waals surface area contributed by atoms with E-state index < -0.39 is 0 Å². The van der Waals surface area contributed by atoms with E-state index in [0.29, 0.717) is 11.9 Å². The standard InChI is InChI=1S/C20H28O2/c1-3-4-5-6-15-7-8-16-14-20(19(21)18(16)13-15)11-9-17(22-2)10-12-20/h7-8,13,17H,3-6,9-12,14H2,1-2H3. The number of ether oxygens (including phenoxy) is 1. The summed E-state index contributed by atoms with van der Waals surface area (Å²) < 4.78 is 5.47. The van der Waals surface area contributed by atoms with Crippen molar-refractivity contribution < 1.29 is 9.53 Å². The van der Waals surface area contributed by atoms with Crippen LogP contribution < -0.4 is 0 Å². The SMILES string of the molecule is CCCCCc1ccc2c(c1)C(=O)C1(CCC(OC)CC1)C2. The Labute approximate surface area is 134 Å². The zero-order valence-corrected chi connectivity index (χ0v) is 14.0. The molecule has 0 aliphatic heterocycles. The summed E-state index contributed by atoms with van der Waals surface area (Å²) in [6, 6.07) is 6.64. The van der Waals surface area contributed by atoms with Gasteiger partial charge in [-0.3, -0.25) is 4.79 Å². The molecule has 2 aliphatic carbocycles. The van der Waals surface area contributed by atoms with Crippen molar-refractivity contribution in [3.8, 4) is 0 Å². The van der Waals surface area contributed by atoms with Crippen LogP contribution in [0, 0.1) is 5.41 Å². The summed E-state index contributed by atoms with van der Waals surface area (Å²) in [6.07, 6.45) is 10.2. The molecule has 1 aromatic carbocycles. The highest BCUT2D eigenvalue weighted by Gasteiger charge is 2.47. The Balaban J connectivity index is 1.74. The van der Waals surface area contributed by atoms with E-state index in [0.717, 1.165) is 44.1 Å². The third-order valence-corrected chi connectivity index (χ3v) is 5.72. The minimum absolute atomic E-state index is 0.112. The minimum atomic E-state index is -0.112. The molecular formula is C20H28O2. The lowest BCUT2D eigenvalue weighted by Crippen LogP contribution is -2.35. The Morgan fingerprint density at radius 2 is 2.00 bits per heavy atom. The van der Waals surface area contributed by atoms with Crippen LogP contribution in [-0.2, 0) is 17.6 Å². The highest BCUT2D eigenvalue weighted by Crippen LogP contribution is 2.47. The topological polar surface area (TPSA) is 26.3 Å². The first-order valence-electron chi connectivity index (χ1n) is 8.88. The molecule has 3 rings (SSSR count). The lowest BCUT2D eigenvalue weighted by Gasteiger charge is -2.35. The van der Waals surface area contributed by atoms with Gasteiger partial charge in [0.15, 0.2) is 5.78 Å². The van der Waals surface area contributed by atoms with Crippen molar-refractivity contribution in [2.75, 3.05) is 7.11 Å². The molecule has 0 aromatic heterocycles. The Hall–Kier alpha value is -1.15. The summed E-state index contributed by atoms with van der Waals surface area (Å²) >= 11 is 0. The van der Waals surface area contributed by atoms with Gasteiger partial charge in [0.05, 0.1) is 6.10 Å². The molecule has 0 radical (unpaired) electrons. The number of hydrogen-bond donors (Lipinski definition) is 0. The van der Waals surface area contributed by atoms with E-state index in [1.54, 1.807) is 7.11 Å². The first-order valence-corrected chi connectivity index (χ1v) is 8.88. The summed E-state index contributed by atoms with van der Waals surface area (Å²) in [4.78, 5) is 13.0. The largest absolute Gasteiger partial charge is 0.381 e. The number of rotatable bonds is 5. The van der Waals surface area contributed by atoms with Crippen molar-refractivity contribution in [1.29, 1.82) is 0 Å². The summed E-state index contributed by atoms with van der Waals surface area (Å²) in [6.45, 7) is 2.23. The van der Waals surface area contributed by atoms with Crippen LogP contribution in [0.1, 0.15) is 73.4 Å². The molecule has 1 aromatic rings. The van der Waals surface area contributed by atoms with Gasteiger partial charge in [0.1, 0.15) is 0 Å². The van der Waals surface area contributed by atoms with E-state index >= 15 is 0 Å². The van der Waals surface area contributed by atoms with Gasteiger partial charge in [0.25, 0.3) is 0 Å². The highest BCUT2D eigenvalue weighted by atomic mass is 16.5. The average molecular weight is 300 g/mol. The van der Waals surface area contributed by atoms with Crippen molar-refractivity contribution in [2.24, 2.45) is 5.41 Å². The van der Waals surface area contributed by atoms with Gasteiger partial charge in [-0.2, -0.15) is 0 Å². The van der Waals surface area contributed by atoms with Gasteiger partial charge < -0.3 is 4.74 Å². The highest BCUT2D eigenvalue weighted by molar-refractivity contribution is 6.05. The molecule has 0 atom stereocenters. The quantitative estimate of drug-likeness (QED) is 0.735. The van der Waals surface area contributed by atoms with E-state index in [1.807, 2.05) is 0 Å². The van der Waals surface area contributed by atoms with Crippen molar-refractivity contribution in [3.63, 3.8) is 0 Å². The van der Waals surface area contributed by atoms with Gasteiger partial charge in [-0.15, -0.1) is 0 Å². The van der Waals surface area contributed by atoms with Crippen LogP contribution in [0.3, 0.4) is 0 Å². The number of methoxy groups -OCH3 is 1. The van der Waals surface area contributed by atoms with Gasteiger partial charge in [0.2, 0.25) is 0 Å². The zero-order chi connectivity index (χ0) is 15.6. The third kappa shape index (κ3) is 2.86. The normalized spacial score (nSPS) is 27.4. The summed E-state index contributed by atoms with van der Waals surface area (Å²) in [7, 11) is 1.79. The number of benzene rings is 1. The van der Waals surface area contributed by atoms with Crippen LogP contribution >= 0.6 is 0 Å². The Morgan fingerprint density at radius 3 is 2.68 bits per heavy atom. The molecule has 0 amide bonds. The van der Waals surface area contributed by atoms with Crippen LogP contribution in [0.25, 0.3) is 0 Å². The maximum atomic E-state index is 13.0.